The number of nitrogens with one attached hydrogen (secondary N) is 1. The Hall–Kier alpha value is -2.49. The lowest BCUT2D eigenvalue weighted by Gasteiger charge is -2.31. The zero-order chi connectivity index (χ0) is 21.7. The molecule has 2 heterocycles. The molecule has 164 valence electrons. The molecule has 1 aliphatic rings. The number of hydrogen-bond acceptors (Lipinski definition) is 7. The second kappa shape index (κ2) is 9.76. The smallest absolute Gasteiger partial charge is 0.240 e. The summed E-state index contributed by atoms with van der Waals surface area (Å²) in [7, 11) is -1.96. The molecule has 0 aliphatic carbocycles. The van der Waals surface area contributed by atoms with E-state index >= 15 is 0 Å². The van der Waals surface area contributed by atoms with E-state index in [1.54, 1.807) is 31.4 Å². The minimum Gasteiger partial charge on any atom is -0.497 e. The molecule has 7 nitrogen and oxygen atoms in total. The number of hydrogen-bond donors (Lipinski definition) is 1. The van der Waals surface area contributed by atoms with E-state index < -0.39 is 10.0 Å². The van der Waals surface area contributed by atoms with Gasteiger partial charge in [-0.05, 0) is 48.6 Å². The van der Waals surface area contributed by atoms with Gasteiger partial charge in [-0.3, -0.25) is 0 Å². The molecule has 0 radical (unpaired) electrons. The Labute approximate surface area is 187 Å². The lowest BCUT2D eigenvalue weighted by atomic mass is 9.97. The SMILES string of the molecule is COc1ccc(S(=O)(=O)NCC2CCN(c3nc(Cc4ccccc4)ns3)CC2)cc1. The quantitative estimate of drug-likeness (QED) is 0.557. The van der Waals surface area contributed by atoms with Gasteiger partial charge in [0.1, 0.15) is 11.6 Å². The van der Waals surface area contributed by atoms with E-state index in [1.165, 1.54) is 17.1 Å². The highest BCUT2D eigenvalue weighted by Gasteiger charge is 2.24. The molecule has 0 bridgehead atoms. The Bertz CT molecular complexity index is 1080. The van der Waals surface area contributed by atoms with Gasteiger partial charge in [0.05, 0.1) is 12.0 Å². The van der Waals surface area contributed by atoms with Gasteiger partial charge in [-0.1, -0.05) is 30.3 Å². The summed E-state index contributed by atoms with van der Waals surface area (Å²) < 4.78 is 37.4. The molecule has 1 aliphatic heterocycles. The fourth-order valence-electron chi connectivity index (χ4n) is 3.62. The number of nitrogens with zero attached hydrogens (tertiary/aromatic N) is 3. The van der Waals surface area contributed by atoms with Crippen molar-refractivity contribution in [3.05, 3.63) is 66.0 Å². The van der Waals surface area contributed by atoms with E-state index in [0.29, 0.717) is 18.2 Å². The van der Waals surface area contributed by atoms with Crippen LogP contribution >= 0.6 is 11.5 Å². The number of piperidine rings is 1. The summed E-state index contributed by atoms with van der Waals surface area (Å²) in [5.74, 6) is 1.79. The highest BCUT2D eigenvalue weighted by Crippen LogP contribution is 2.25. The predicted octanol–water partition coefficient (Wildman–Crippen LogP) is 3.33. The fourth-order valence-corrected chi connectivity index (χ4v) is 5.47. The van der Waals surface area contributed by atoms with Crippen molar-refractivity contribution in [2.24, 2.45) is 5.92 Å². The second-order valence-electron chi connectivity index (χ2n) is 7.61. The topological polar surface area (TPSA) is 84.4 Å². The first kappa shape index (κ1) is 21.7. The van der Waals surface area contributed by atoms with E-state index in [9.17, 15) is 8.42 Å². The Morgan fingerprint density at radius 3 is 2.48 bits per heavy atom. The Balaban J connectivity index is 1.27. The molecule has 0 spiro atoms. The molecule has 4 rings (SSSR count). The highest BCUT2D eigenvalue weighted by molar-refractivity contribution is 7.89. The van der Waals surface area contributed by atoms with Crippen molar-refractivity contribution in [3.8, 4) is 5.75 Å². The van der Waals surface area contributed by atoms with Crippen LogP contribution in [0.25, 0.3) is 0 Å². The summed E-state index contributed by atoms with van der Waals surface area (Å²) in [6, 6.07) is 16.6. The molecule has 1 fully saturated rings. The summed E-state index contributed by atoms with van der Waals surface area (Å²) in [5.41, 5.74) is 1.20. The molecule has 9 heteroatoms. The van der Waals surface area contributed by atoms with Gasteiger partial charge in [-0.25, -0.2) is 18.1 Å². The zero-order valence-corrected chi connectivity index (χ0v) is 19.0. The van der Waals surface area contributed by atoms with Crippen LogP contribution in [-0.4, -0.2) is 44.5 Å². The second-order valence-corrected chi connectivity index (χ2v) is 10.1. The molecule has 1 saturated heterocycles. The molecule has 0 unspecified atom stereocenters. The minimum absolute atomic E-state index is 0.255. The van der Waals surface area contributed by atoms with Crippen LogP contribution in [-0.2, 0) is 16.4 Å². The third-order valence-electron chi connectivity index (χ3n) is 5.48. The summed E-state index contributed by atoms with van der Waals surface area (Å²) in [6.45, 7) is 2.15. The standard InChI is InChI=1S/C22H26N4O3S2/c1-29-19-7-9-20(10-8-19)31(27,28)23-16-18-11-13-26(14-12-18)22-24-21(25-30-22)15-17-5-3-2-4-6-17/h2-10,18,23H,11-16H2,1H3. The maximum absolute atomic E-state index is 12.5. The molecule has 2 aromatic carbocycles. The van der Waals surface area contributed by atoms with Gasteiger partial charge >= 0.3 is 0 Å². The zero-order valence-electron chi connectivity index (χ0n) is 17.4. The van der Waals surface area contributed by atoms with Gasteiger partial charge in [-0.15, -0.1) is 0 Å². The molecule has 0 saturated carbocycles. The van der Waals surface area contributed by atoms with E-state index in [-0.39, 0.29) is 4.90 Å². The lowest BCUT2D eigenvalue weighted by Crippen LogP contribution is -2.38. The van der Waals surface area contributed by atoms with Crippen LogP contribution < -0.4 is 14.4 Å². The summed E-state index contributed by atoms with van der Waals surface area (Å²) in [4.78, 5) is 7.21. The first-order valence-electron chi connectivity index (χ1n) is 10.3. The largest absolute Gasteiger partial charge is 0.497 e. The van der Waals surface area contributed by atoms with Crippen molar-refractivity contribution in [3.63, 3.8) is 0 Å². The van der Waals surface area contributed by atoms with Crippen LogP contribution in [0.1, 0.15) is 24.2 Å². The number of aromatic nitrogens is 2. The van der Waals surface area contributed by atoms with Gasteiger partial charge < -0.3 is 9.64 Å². The van der Waals surface area contributed by atoms with Crippen molar-refractivity contribution >= 4 is 26.7 Å². The molecule has 1 N–H and O–H groups in total. The lowest BCUT2D eigenvalue weighted by molar-refractivity contribution is 0.401. The van der Waals surface area contributed by atoms with Crippen molar-refractivity contribution < 1.29 is 13.2 Å². The molecule has 3 aromatic rings. The van der Waals surface area contributed by atoms with Crippen molar-refractivity contribution in [1.29, 1.82) is 0 Å². The molecular weight excluding hydrogens is 432 g/mol. The van der Waals surface area contributed by atoms with Gasteiger partial charge in [0.15, 0.2) is 0 Å². The Morgan fingerprint density at radius 1 is 1.10 bits per heavy atom. The van der Waals surface area contributed by atoms with Gasteiger partial charge in [0.25, 0.3) is 0 Å². The molecule has 0 amide bonds. The van der Waals surface area contributed by atoms with E-state index in [0.717, 1.165) is 43.3 Å². The predicted molar refractivity (Wildman–Crippen MR) is 122 cm³/mol. The number of rotatable bonds is 8. The monoisotopic (exact) mass is 458 g/mol. The van der Waals surface area contributed by atoms with Crippen LogP contribution in [0.3, 0.4) is 0 Å². The third kappa shape index (κ3) is 5.61. The number of anilines is 1. The molecule has 1 aromatic heterocycles. The summed E-state index contributed by atoms with van der Waals surface area (Å²) in [5, 5.41) is 0.947. The Kier molecular flexibility index (Phi) is 6.84. The van der Waals surface area contributed by atoms with Crippen LogP contribution in [0.4, 0.5) is 5.13 Å². The third-order valence-corrected chi connectivity index (χ3v) is 7.73. The number of sulfonamides is 1. The van der Waals surface area contributed by atoms with Crippen molar-refractivity contribution in [2.45, 2.75) is 24.2 Å². The van der Waals surface area contributed by atoms with Crippen LogP contribution in [0, 0.1) is 5.92 Å². The minimum atomic E-state index is -3.52. The number of methoxy groups -OCH3 is 1. The fraction of sp³-hybridized carbons (Fsp3) is 0.364. The summed E-state index contributed by atoms with van der Waals surface area (Å²) >= 11 is 1.44. The van der Waals surface area contributed by atoms with Gasteiger partial charge in [-0.2, -0.15) is 4.37 Å². The Morgan fingerprint density at radius 2 is 1.81 bits per heavy atom. The van der Waals surface area contributed by atoms with Crippen LogP contribution in [0.2, 0.25) is 0 Å². The maximum Gasteiger partial charge on any atom is 0.240 e. The molecule has 31 heavy (non-hydrogen) atoms. The van der Waals surface area contributed by atoms with Crippen LogP contribution in [0.15, 0.2) is 59.5 Å². The first-order chi connectivity index (χ1) is 15.0. The first-order valence-corrected chi connectivity index (χ1v) is 12.5. The van der Waals surface area contributed by atoms with Crippen molar-refractivity contribution in [2.75, 3.05) is 31.6 Å². The normalized spacial score (nSPS) is 15.2. The van der Waals surface area contributed by atoms with Gasteiger partial charge in [0.2, 0.25) is 15.2 Å². The average Bonchev–Trinajstić information content (AvgIpc) is 3.27. The molecular formula is C22H26N4O3S2. The average molecular weight is 459 g/mol. The highest BCUT2D eigenvalue weighted by atomic mass is 32.2. The number of benzene rings is 2. The summed E-state index contributed by atoms with van der Waals surface area (Å²) in [6.07, 6.45) is 2.57. The maximum atomic E-state index is 12.5. The van der Waals surface area contributed by atoms with E-state index in [2.05, 4.69) is 26.1 Å². The van der Waals surface area contributed by atoms with Crippen molar-refractivity contribution in [1.82, 2.24) is 14.1 Å². The van der Waals surface area contributed by atoms with Crippen LogP contribution in [0.5, 0.6) is 5.75 Å². The van der Waals surface area contributed by atoms with Gasteiger partial charge in [0, 0.05) is 37.6 Å². The number of ether oxygens (including phenoxy) is 1. The van der Waals surface area contributed by atoms with E-state index in [4.69, 9.17) is 9.72 Å². The molecule has 0 atom stereocenters. The van der Waals surface area contributed by atoms with E-state index in [1.807, 2.05) is 18.2 Å².